The number of anilines is 1. The van der Waals surface area contributed by atoms with Crippen molar-refractivity contribution < 1.29 is 4.79 Å². The van der Waals surface area contributed by atoms with Crippen molar-refractivity contribution in [3.05, 3.63) is 29.7 Å². The normalized spacial score (nSPS) is 21.5. The van der Waals surface area contributed by atoms with Gasteiger partial charge in [0.15, 0.2) is 0 Å². The predicted octanol–water partition coefficient (Wildman–Crippen LogP) is 2.82. The minimum Gasteiger partial charge on any atom is -0.367 e. The van der Waals surface area contributed by atoms with E-state index in [2.05, 4.69) is 26.0 Å². The summed E-state index contributed by atoms with van der Waals surface area (Å²) in [5.74, 6) is 0.268. The number of aromatic nitrogens is 4. The van der Waals surface area contributed by atoms with Crippen molar-refractivity contribution in [3.8, 4) is 17.3 Å². The summed E-state index contributed by atoms with van der Waals surface area (Å²) in [6, 6.07) is 4.23. The fraction of sp³-hybridized carbons (Fsp3) is 0.429. The Morgan fingerprint density at radius 3 is 2.73 bits per heavy atom. The first-order valence-corrected chi connectivity index (χ1v) is 10.5. The summed E-state index contributed by atoms with van der Waals surface area (Å²) in [5.41, 5.74) is 3.49. The van der Waals surface area contributed by atoms with E-state index in [9.17, 15) is 4.79 Å². The Labute approximate surface area is 179 Å². The number of hydrogen-bond donors (Lipinski definition) is 1. The van der Waals surface area contributed by atoms with Crippen LogP contribution in [0.25, 0.3) is 22.3 Å². The number of halogens is 1. The van der Waals surface area contributed by atoms with Crippen molar-refractivity contribution in [2.24, 2.45) is 18.9 Å². The van der Waals surface area contributed by atoms with Crippen molar-refractivity contribution in [1.29, 1.82) is 5.26 Å². The van der Waals surface area contributed by atoms with Gasteiger partial charge < -0.3 is 14.8 Å². The van der Waals surface area contributed by atoms with Gasteiger partial charge in [-0.05, 0) is 18.9 Å². The minimum absolute atomic E-state index is 0.0231. The highest BCUT2D eigenvalue weighted by atomic mass is 35.5. The molecule has 3 aromatic rings. The number of hydrogen-bond acceptors (Lipinski definition) is 5. The number of rotatable bonds is 3. The van der Waals surface area contributed by atoms with Gasteiger partial charge in [-0.25, -0.2) is 4.98 Å². The number of piperazine rings is 1. The Bertz CT molecular complexity index is 1150. The summed E-state index contributed by atoms with van der Waals surface area (Å²) < 4.78 is 1.74. The molecule has 1 aliphatic heterocycles. The molecule has 0 radical (unpaired) electrons. The van der Waals surface area contributed by atoms with E-state index in [0.717, 1.165) is 41.1 Å². The monoisotopic (exact) mass is 423 g/mol. The van der Waals surface area contributed by atoms with E-state index < -0.39 is 0 Å². The van der Waals surface area contributed by atoms with Crippen molar-refractivity contribution >= 4 is 34.2 Å². The minimum atomic E-state index is 0.0231. The van der Waals surface area contributed by atoms with Crippen LogP contribution in [0.15, 0.2) is 24.7 Å². The lowest BCUT2D eigenvalue weighted by atomic mass is 9.75. The van der Waals surface area contributed by atoms with E-state index in [1.165, 1.54) is 0 Å². The number of aryl methyl sites for hydroxylation is 1. The van der Waals surface area contributed by atoms with E-state index in [4.69, 9.17) is 16.9 Å². The average molecular weight is 424 g/mol. The van der Waals surface area contributed by atoms with Gasteiger partial charge in [0, 0.05) is 63.0 Å². The van der Waals surface area contributed by atoms with Crippen LogP contribution in [-0.4, -0.2) is 56.7 Å². The molecule has 9 heteroatoms. The molecule has 8 nitrogen and oxygen atoms in total. The Balaban J connectivity index is 1.35. The molecule has 30 heavy (non-hydrogen) atoms. The van der Waals surface area contributed by atoms with Gasteiger partial charge in [0.2, 0.25) is 5.91 Å². The second-order valence-corrected chi connectivity index (χ2v) is 8.45. The van der Waals surface area contributed by atoms with Crippen molar-refractivity contribution in [2.45, 2.75) is 12.8 Å². The van der Waals surface area contributed by atoms with Gasteiger partial charge >= 0.3 is 0 Å². The number of amides is 1. The molecule has 1 amide bonds. The van der Waals surface area contributed by atoms with Gasteiger partial charge in [0.25, 0.3) is 0 Å². The van der Waals surface area contributed by atoms with Crippen LogP contribution in [-0.2, 0) is 11.8 Å². The zero-order valence-corrected chi connectivity index (χ0v) is 17.4. The Morgan fingerprint density at radius 1 is 1.30 bits per heavy atom. The molecule has 2 fully saturated rings. The summed E-state index contributed by atoms with van der Waals surface area (Å²) in [5, 5.41) is 14.7. The van der Waals surface area contributed by atoms with Crippen LogP contribution in [0.5, 0.6) is 0 Å². The summed E-state index contributed by atoms with van der Waals surface area (Å²) in [4.78, 5) is 24.7. The van der Waals surface area contributed by atoms with Gasteiger partial charge in [-0.3, -0.25) is 9.48 Å². The molecule has 0 atom stereocenters. The third-order valence-corrected chi connectivity index (χ3v) is 6.58. The fourth-order valence-corrected chi connectivity index (χ4v) is 4.77. The topological polar surface area (TPSA) is 93.8 Å². The lowest BCUT2D eigenvalue weighted by molar-refractivity contribution is -0.139. The van der Waals surface area contributed by atoms with Crippen LogP contribution in [0.1, 0.15) is 12.8 Å². The van der Waals surface area contributed by atoms with Gasteiger partial charge in [0.05, 0.1) is 34.1 Å². The maximum Gasteiger partial charge on any atom is 0.225 e. The smallest absolute Gasteiger partial charge is 0.225 e. The van der Waals surface area contributed by atoms with E-state index in [-0.39, 0.29) is 17.7 Å². The Kier molecular flexibility index (Phi) is 4.63. The van der Waals surface area contributed by atoms with Crippen LogP contribution < -0.4 is 4.90 Å². The van der Waals surface area contributed by atoms with Crippen LogP contribution in [0.4, 0.5) is 5.69 Å². The molecule has 5 rings (SSSR count). The fourth-order valence-electron chi connectivity index (χ4n) is 4.42. The molecular weight excluding hydrogens is 402 g/mol. The molecule has 0 bridgehead atoms. The van der Waals surface area contributed by atoms with Crippen LogP contribution in [0.3, 0.4) is 0 Å². The predicted molar refractivity (Wildman–Crippen MR) is 114 cm³/mol. The number of nitrogens with one attached hydrogen (secondary N) is 1. The molecule has 0 unspecified atom stereocenters. The first-order valence-electron chi connectivity index (χ1n) is 10.1. The number of nitrogens with zero attached hydrogens (tertiary/aromatic N) is 6. The molecule has 3 aromatic heterocycles. The molecular formula is C21H22ClN7O. The standard InChI is InChI=1S/C21H22ClN7O/c1-27-12-15(11-25-27)19-18(22)17-16(2-3-24-20(17)26-19)28-4-6-29(7-5-28)21(30)14-8-13(9-14)10-23/h2-3,11-14H,4-9H2,1H3,(H,24,26). The number of carbonyl (C=O) groups excluding carboxylic acids is 1. The third-order valence-electron chi connectivity index (χ3n) is 6.21. The van der Waals surface area contributed by atoms with Crippen LogP contribution >= 0.6 is 11.6 Å². The number of fused-ring (bicyclic) bond motifs is 1. The summed E-state index contributed by atoms with van der Waals surface area (Å²) >= 11 is 6.77. The zero-order valence-electron chi connectivity index (χ0n) is 16.7. The number of pyridine rings is 1. The maximum atomic E-state index is 12.7. The summed E-state index contributed by atoms with van der Waals surface area (Å²) in [6.07, 6.45) is 6.88. The first-order chi connectivity index (χ1) is 14.5. The summed E-state index contributed by atoms with van der Waals surface area (Å²) in [7, 11) is 1.87. The highest BCUT2D eigenvalue weighted by Gasteiger charge is 2.37. The number of nitriles is 1. The molecule has 154 valence electrons. The quantitative estimate of drug-likeness (QED) is 0.699. The zero-order chi connectivity index (χ0) is 20.8. The average Bonchev–Trinajstić information content (AvgIpc) is 3.30. The van der Waals surface area contributed by atoms with Crippen LogP contribution in [0, 0.1) is 23.2 Å². The third kappa shape index (κ3) is 3.10. The summed E-state index contributed by atoms with van der Waals surface area (Å²) in [6.45, 7) is 2.83. The lowest BCUT2D eigenvalue weighted by Gasteiger charge is -2.40. The Hall–Kier alpha value is -3.05. The first kappa shape index (κ1) is 18.9. The molecule has 2 aliphatic rings. The second kappa shape index (κ2) is 7.33. The molecule has 1 aliphatic carbocycles. The number of aromatic amines is 1. The maximum absolute atomic E-state index is 12.7. The Morgan fingerprint density at radius 2 is 2.07 bits per heavy atom. The van der Waals surface area contributed by atoms with Gasteiger partial charge in [0.1, 0.15) is 5.65 Å². The molecule has 1 saturated heterocycles. The molecule has 0 spiro atoms. The number of carbonyl (C=O) groups is 1. The van der Waals surface area contributed by atoms with E-state index in [1.54, 1.807) is 17.1 Å². The SMILES string of the molecule is Cn1cc(-c2[nH]c3nccc(N4CCN(C(=O)C5CC(C#N)C5)CC4)c3c2Cl)cn1. The van der Waals surface area contributed by atoms with Crippen molar-refractivity contribution in [3.63, 3.8) is 0 Å². The number of H-pyrrole nitrogens is 1. The molecule has 1 N–H and O–H groups in total. The van der Waals surface area contributed by atoms with E-state index in [0.29, 0.717) is 31.0 Å². The van der Waals surface area contributed by atoms with Gasteiger partial charge in [-0.2, -0.15) is 10.4 Å². The van der Waals surface area contributed by atoms with Gasteiger partial charge in [-0.1, -0.05) is 11.6 Å². The molecule has 1 saturated carbocycles. The highest BCUT2D eigenvalue weighted by molar-refractivity contribution is 6.39. The van der Waals surface area contributed by atoms with Crippen LogP contribution in [0.2, 0.25) is 5.02 Å². The second-order valence-electron chi connectivity index (χ2n) is 8.08. The largest absolute Gasteiger partial charge is 0.367 e. The van der Waals surface area contributed by atoms with E-state index in [1.807, 2.05) is 24.2 Å². The van der Waals surface area contributed by atoms with E-state index >= 15 is 0 Å². The molecule has 0 aromatic carbocycles. The lowest BCUT2D eigenvalue weighted by Crippen LogP contribution is -2.52. The van der Waals surface area contributed by atoms with Gasteiger partial charge in [-0.15, -0.1) is 0 Å². The highest BCUT2D eigenvalue weighted by Crippen LogP contribution is 2.39. The molecule has 4 heterocycles. The van der Waals surface area contributed by atoms with Crippen molar-refractivity contribution in [2.75, 3.05) is 31.1 Å². The van der Waals surface area contributed by atoms with Crippen molar-refractivity contribution in [1.82, 2.24) is 24.6 Å².